The van der Waals surface area contributed by atoms with Gasteiger partial charge in [-0.3, -0.25) is 14.8 Å². The smallest absolute Gasteiger partial charge is 0.230 e. The van der Waals surface area contributed by atoms with Crippen LogP contribution in [-0.2, 0) is 10.5 Å². The molecule has 140 valence electrons. The van der Waals surface area contributed by atoms with Gasteiger partial charge in [-0.15, -0.1) is 16.4 Å². The zero-order chi connectivity index (χ0) is 19.0. The summed E-state index contributed by atoms with van der Waals surface area (Å²) in [5.74, 6) is 2.20. The van der Waals surface area contributed by atoms with E-state index in [0.717, 1.165) is 27.9 Å². The summed E-state index contributed by atoms with van der Waals surface area (Å²) < 4.78 is 0. The number of benzene rings is 1. The Morgan fingerprint density at radius 1 is 1.33 bits per heavy atom. The van der Waals surface area contributed by atoms with Crippen LogP contribution in [-0.4, -0.2) is 26.1 Å². The number of nitrogens with zero attached hydrogens (tertiary/aromatic N) is 4. The van der Waals surface area contributed by atoms with Gasteiger partial charge < -0.3 is 0 Å². The predicted molar refractivity (Wildman–Crippen MR) is 109 cm³/mol. The Labute approximate surface area is 166 Å². The molecule has 0 unspecified atom stereocenters. The van der Waals surface area contributed by atoms with E-state index in [-0.39, 0.29) is 5.91 Å². The van der Waals surface area contributed by atoms with E-state index in [9.17, 15) is 4.79 Å². The molecule has 1 fully saturated rings. The molecule has 1 amide bonds. The Bertz CT molecular complexity index is 976. The molecule has 2 heterocycles. The molecular formula is C19H21N5OS2. The lowest BCUT2D eigenvalue weighted by Gasteiger charge is -2.20. The van der Waals surface area contributed by atoms with Crippen LogP contribution in [0.2, 0.25) is 0 Å². The van der Waals surface area contributed by atoms with Crippen LogP contribution in [0.4, 0.5) is 10.8 Å². The minimum Gasteiger partial charge on any atom is -0.274 e. The number of aryl methyl sites for hydroxylation is 2. The lowest BCUT2D eigenvalue weighted by Crippen LogP contribution is -2.23. The molecule has 0 saturated heterocycles. The van der Waals surface area contributed by atoms with Gasteiger partial charge in [0.1, 0.15) is 5.82 Å². The van der Waals surface area contributed by atoms with E-state index in [1.165, 1.54) is 29.7 Å². The van der Waals surface area contributed by atoms with Gasteiger partial charge in [-0.2, -0.15) is 0 Å². The highest BCUT2D eigenvalue weighted by molar-refractivity contribution is 7.98. The molecule has 0 spiro atoms. The molecule has 1 aliphatic rings. The minimum absolute atomic E-state index is 0.0430. The molecule has 0 aliphatic heterocycles. The van der Waals surface area contributed by atoms with Crippen molar-refractivity contribution in [3.05, 3.63) is 46.2 Å². The van der Waals surface area contributed by atoms with Crippen LogP contribution in [0.5, 0.6) is 0 Å². The second kappa shape index (κ2) is 7.44. The van der Waals surface area contributed by atoms with Gasteiger partial charge in [0, 0.05) is 24.0 Å². The van der Waals surface area contributed by atoms with Crippen LogP contribution < -0.4 is 4.90 Å². The molecule has 3 aromatic rings. The van der Waals surface area contributed by atoms with Gasteiger partial charge in [0.15, 0.2) is 5.13 Å². The van der Waals surface area contributed by atoms with E-state index >= 15 is 0 Å². The number of aromatic nitrogens is 4. The van der Waals surface area contributed by atoms with Crippen LogP contribution in [0.3, 0.4) is 0 Å². The van der Waals surface area contributed by atoms with Crippen molar-refractivity contribution in [3.63, 3.8) is 0 Å². The summed E-state index contributed by atoms with van der Waals surface area (Å²) in [6.07, 6.45) is 2.40. The normalized spacial score (nSPS) is 13.7. The van der Waals surface area contributed by atoms with E-state index in [4.69, 9.17) is 0 Å². The van der Waals surface area contributed by atoms with Crippen LogP contribution in [0, 0.1) is 13.8 Å². The predicted octanol–water partition coefficient (Wildman–Crippen LogP) is 4.73. The van der Waals surface area contributed by atoms with E-state index in [2.05, 4.69) is 26.2 Å². The second-order valence-corrected chi connectivity index (χ2v) is 8.61. The summed E-state index contributed by atoms with van der Waals surface area (Å²) >= 11 is 3.04. The second-order valence-electron chi connectivity index (χ2n) is 6.83. The van der Waals surface area contributed by atoms with Gasteiger partial charge in [-0.1, -0.05) is 29.5 Å². The van der Waals surface area contributed by atoms with Gasteiger partial charge >= 0.3 is 0 Å². The first kappa shape index (κ1) is 18.2. The Balaban J connectivity index is 1.49. The highest BCUT2D eigenvalue weighted by atomic mass is 32.2. The molecule has 1 aliphatic carbocycles. The fourth-order valence-electron chi connectivity index (χ4n) is 2.93. The average molecular weight is 400 g/mol. The number of carbonyl (C=O) groups is 1. The van der Waals surface area contributed by atoms with Crippen molar-refractivity contribution in [2.75, 3.05) is 4.90 Å². The van der Waals surface area contributed by atoms with Crippen molar-refractivity contribution in [2.24, 2.45) is 0 Å². The molecule has 1 saturated carbocycles. The fourth-order valence-corrected chi connectivity index (χ4v) is 4.61. The van der Waals surface area contributed by atoms with E-state index in [1.807, 2.05) is 31.4 Å². The largest absolute Gasteiger partial charge is 0.274 e. The zero-order valence-corrected chi connectivity index (χ0v) is 17.2. The third-order valence-electron chi connectivity index (χ3n) is 4.43. The van der Waals surface area contributed by atoms with E-state index in [0.29, 0.717) is 16.8 Å². The van der Waals surface area contributed by atoms with Gasteiger partial charge in [0.2, 0.25) is 11.1 Å². The molecule has 4 rings (SSSR count). The van der Waals surface area contributed by atoms with Gasteiger partial charge in [-0.25, -0.2) is 9.97 Å². The summed E-state index contributed by atoms with van der Waals surface area (Å²) in [5, 5.41) is 10.7. The first-order valence-electron chi connectivity index (χ1n) is 8.88. The van der Waals surface area contributed by atoms with Gasteiger partial charge in [0.25, 0.3) is 0 Å². The lowest BCUT2D eigenvalue weighted by atomic mass is 10.1. The van der Waals surface area contributed by atoms with Gasteiger partial charge in [-0.05, 0) is 38.3 Å². The standard InChI is InChI=1S/C19H21N5OS2/c1-11-4-7-16(12(2)8-11)24(13(3)25)19-20-15(10-27-19)9-26-18-21-17(22-23-18)14-5-6-14/h4,7-8,10,14H,5-6,9H2,1-3H3,(H,21,22,23). The maximum absolute atomic E-state index is 12.3. The average Bonchev–Trinajstić information content (AvgIpc) is 3.18. The van der Waals surface area contributed by atoms with Crippen LogP contribution in [0.1, 0.15) is 48.3 Å². The number of amides is 1. The number of hydrogen-bond acceptors (Lipinski definition) is 6. The quantitative estimate of drug-likeness (QED) is 0.606. The van der Waals surface area contributed by atoms with E-state index < -0.39 is 0 Å². The lowest BCUT2D eigenvalue weighted by molar-refractivity contribution is -0.115. The molecule has 27 heavy (non-hydrogen) atoms. The molecular weight excluding hydrogens is 378 g/mol. The van der Waals surface area contributed by atoms with Crippen molar-refractivity contribution in [1.29, 1.82) is 0 Å². The Kier molecular flexibility index (Phi) is 5.01. The molecule has 1 aromatic carbocycles. The summed E-state index contributed by atoms with van der Waals surface area (Å²) in [5.41, 5.74) is 4.04. The molecule has 8 heteroatoms. The Morgan fingerprint density at radius 2 is 2.15 bits per heavy atom. The number of carbonyl (C=O) groups excluding carboxylic acids is 1. The number of anilines is 2. The van der Waals surface area contributed by atoms with Crippen molar-refractivity contribution >= 4 is 39.8 Å². The fraction of sp³-hybridized carbons (Fsp3) is 0.368. The number of aromatic amines is 1. The summed E-state index contributed by atoms with van der Waals surface area (Å²) in [7, 11) is 0. The topological polar surface area (TPSA) is 74.8 Å². The number of rotatable bonds is 6. The monoisotopic (exact) mass is 399 g/mol. The Morgan fingerprint density at radius 3 is 2.85 bits per heavy atom. The minimum atomic E-state index is -0.0430. The number of hydrogen-bond donors (Lipinski definition) is 1. The third-order valence-corrected chi connectivity index (χ3v) is 6.19. The SMILES string of the molecule is CC(=O)N(c1nc(CSc2n[nH]c(C3CC3)n2)cs1)c1ccc(C)cc1C. The van der Waals surface area contributed by atoms with Crippen LogP contribution >= 0.6 is 23.1 Å². The van der Waals surface area contributed by atoms with E-state index in [1.54, 1.807) is 23.6 Å². The Hall–Kier alpha value is -2.19. The maximum atomic E-state index is 12.3. The summed E-state index contributed by atoms with van der Waals surface area (Å²) in [4.78, 5) is 23.2. The first-order chi connectivity index (χ1) is 13.0. The molecule has 0 radical (unpaired) electrons. The van der Waals surface area contributed by atoms with Crippen molar-refractivity contribution in [3.8, 4) is 0 Å². The number of nitrogens with one attached hydrogen (secondary N) is 1. The highest BCUT2D eigenvalue weighted by Crippen LogP contribution is 2.38. The first-order valence-corrected chi connectivity index (χ1v) is 10.7. The number of H-pyrrole nitrogens is 1. The number of thiazole rings is 1. The van der Waals surface area contributed by atoms with Crippen LogP contribution in [0.15, 0.2) is 28.7 Å². The van der Waals surface area contributed by atoms with Crippen LogP contribution in [0.25, 0.3) is 0 Å². The molecule has 1 N–H and O–H groups in total. The van der Waals surface area contributed by atoms with Gasteiger partial charge in [0.05, 0.1) is 11.4 Å². The van der Waals surface area contributed by atoms with Crippen molar-refractivity contribution in [2.45, 2.75) is 50.4 Å². The molecule has 0 atom stereocenters. The van der Waals surface area contributed by atoms with Crippen molar-refractivity contribution in [1.82, 2.24) is 20.2 Å². The number of thioether (sulfide) groups is 1. The maximum Gasteiger partial charge on any atom is 0.230 e. The molecule has 0 bridgehead atoms. The third kappa shape index (κ3) is 4.06. The van der Waals surface area contributed by atoms with Crippen molar-refractivity contribution < 1.29 is 4.79 Å². The molecule has 2 aromatic heterocycles. The zero-order valence-electron chi connectivity index (χ0n) is 15.5. The summed E-state index contributed by atoms with van der Waals surface area (Å²) in [6.45, 7) is 5.64. The molecule has 6 nitrogen and oxygen atoms in total. The highest BCUT2D eigenvalue weighted by Gasteiger charge is 2.27. The summed E-state index contributed by atoms with van der Waals surface area (Å²) in [6, 6.07) is 6.08.